The molecule has 0 bridgehead atoms. The van der Waals surface area contributed by atoms with Crippen molar-refractivity contribution in [3.63, 3.8) is 0 Å². The van der Waals surface area contributed by atoms with Gasteiger partial charge in [0.15, 0.2) is 0 Å². The van der Waals surface area contributed by atoms with Crippen LogP contribution in [0.5, 0.6) is 11.5 Å². The summed E-state index contributed by atoms with van der Waals surface area (Å²) in [6.07, 6.45) is 0. The summed E-state index contributed by atoms with van der Waals surface area (Å²) >= 11 is 0. The molecule has 15 heteroatoms. The number of nitrogens with zero attached hydrogens (tertiary/aromatic N) is 11. The van der Waals surface area contributed by atoms with Crippen molar-refractivity contribution in [3.05, 3.63) is 202 Å². The average molecular weight is 927 g/mol. The summed E-state index contributed by atoms with van der Waals surface area (Å²) in [6, 6.07) is 51.3. The van der Waals surface area contributed by atoms with Crippen molar-refractivity contribution in [2.24, 2.45) is 40.9 Å². The van der Waals surface area contributed by atoms with E-state index in [1.807, 2.05) is 112 Å². The van der Waals surface area contributed by atoms with Gasteiger partial charge in [-0.05, 0) is 106 Å². The molecular formula is C55H48N11O4+. The van der Waals surface area contributed by atoms with Gasteiger partial charge in [0.2, 0.25) is 16.7 Å². The van der Waals surface area contributed by atoms with E-state index < -0.39 is 4.92 Å². The number of aryl methyl sites for hydroxylation is 5. The molecule has 0 amide bonds. The summed E-state index contributed by atoms with van der Waals surface area (Å²) in [4.78, 5) is 15.3. The Kier molecular flexibility index (Phi) is 14.6. The number of aromatic nitrogens is 2. The van der Waals surface area contributed by atoms with Gasteiger partial charge in [-0.3, -0.25) is 10.1 Å². The molecule has 9 rings (SSSR count). The minimum absolute atomic E-state index is 0.0171. The van der Waals surface area contributed by atoms with E-state index in [-0.39, 0.29) is 5.69 Å². The van der Waals surface area contributed by atoms with Gasteiger partial charge in [0.25, 0.3) is 5.69 Å². The van der Waals surface area contributed by atoms with Gasteiger partial charge >= 0.3 is 0 Å². The summed E-state index contributed by atoms with van der Waals surface area (Å²) in [5.74, 6) is 0.878. The predicted octanol–water partition coefficient (Wildman–Crippen LogP) is 16.5. The number of azo groups is 4. The monoisotopic (exact) mass is 926 g/mol. The first-order valence-corrected chi connectivity index (χ1v) is 22.2. The highest BCUT2D eigenvalue weighted by molar-refractivity contribution is 5.87. The molecule has 0 N–H and O–H groups in total. The summed E-state index contributed by atoms with van der Waals surface area (Å²) < 4.78 is 13.0. The maximum absolute atomic E-state index is 10.7. The SMILES string of the molecule is COc1cc(N=Nc2ccc([N+](=O)[O-])cc2)c(OC)cc1N=Nc1ccc(C)cc1.Cc1ccc(N=Nc2cc3c(cc2C)nc2cc(C)c(N=Nc4ccc(C)cc4)cc2[n+]3-c2ccccc2)cc1. The third kappa shape index (κ3) is 11.5. The van der Waals surface area contributed by atoms with Gasteiger partial charge < -0.3 is 9.47 Å². The number of nitro groups is 1. The fourth-order valence-electron chi connectivity index (χ4n) is 7.15. The molecule has 0 radical (unpaired) electrons. The summed E-state index contributed by atoms with van der Waals surface area (Å²) in [5, 5.41) is 45.8. The van der Waals surface area contributed by atoms with E-state index in [1.165, 1.54) is 49.6 Å². The van der Waals surface area contributed by atoms with Crippen LogP contribution in [0.2, 0.25) is 0 Å². The van der Waals surface area contributed by atoms with Crippen molar-refractivity contribution < 1.29 is 19.0 Å². The van der Waals surface area contributed by atoms with Gasteiger partial charge in [-0.25, -0.2) is 4.98 Å². The second-order valence-corrected chi connectivity index (χ2v) is 16.3. The van der Waals surface area contributed by atoms with E-state index in [0.717, 1.165) is 67.2 Å². The van der Waals surface area contributed by atoms with Crippen molar-refractivity contribution >= 4 is 73.3 Å². The minimum atomic E-state index is -0.474. The zero-order valence-electron chi connectivity index (χ0n) is 39.6. The van der Waals surface area contributed by atoms with Crippen molar-refractivity contribution in [1.29, 1.82) is 0 Å². The normalized spacial score (nSPS) is 11.5. The Morgan fingerprint density at radius 1 is 0.443 bits per heavy atom. The van der Waals surface area contributed by atoms with Crippen molar-refractivity contribution in [1.82, 2.24) is 4.98 Å². The van der Waals surface area contributed by atoms with Crippen LogP contribution in [0.3, 0.4) is 0 Å². The van der Waals surface area contributed by atoms with Crippen LogP contribution in [-0.4, -0.2) is 24.1 Å². The first kappa shape index (κ1) is 47.3. The van der Waals surface area contributed by atoms with E-state index in [2.05, 4.69) is 95.7 Å². The zero-order valence-corrected chi connectivity index (χ0v) is 39.6. The van der Waals surface area contributed by atoms with Crippen LogP contribution in [0.15, 0.2) is 205 Å². The van der Waals surface area contributed by atoms with Crippen LogP contribution >= 0.6 is 0 Å². The molecule has 346 valence electrons. The van der Waals surface area contributed by atoms with Crippen LogP contribution in [0.25, 0.3) is 27.8 Å². The number of hydrogen-bond acceptors (Lipinski definition) is 13. The van der Waals surface area contributed by atoms with Crippen molar-refractivity contribution in [2.75, 3.05) is 14.2 Å². The summed E-state index contributed by atoms with van der Waals surface area (Å²) in [5.41, 5.74) is 15.5. The van der Waals surface area contributed by atoms with Crippen LogP contribution in [0.1, 0.15) is 27.8 Å². The van der Waals surface area contributed by atoms with Gasteiger partial charge in [-0.2, -0.15) is 30.7 Å². The molecule has 1 aromatic heterocycles. The lowest BCUT2D eigenvalue weighted by molar-refractivity contribution is -0.538. The highest BCUT2D eigenvalue weighted by Gasteiger charge is 2.22. The summed E-state index contributed by atoms with van der Waals surface area (Å²) in [6.45, 7) is 10.2. The van der Waals surface area contributed by atoms with Gasteiger partial charge in [-0.15, -0.1) is 14.8 Å². The molecule has 0 spiro atoms. The predicted molar refractivity (Wildman–Crippen MR) is 273 cm³/mol. The molecule has 0 saturated carbocycles. The molecular weight excluding hydrogens is 879 g/mol. The van der Waals surface area contributed by atoms with Crippen LogP contribution < -0.4 is 14.0 Å². The molecule has 8 aromatic carbocycles. The van der Waals surface area contributed by atoms with Crippen molar-refractivity contribution in [2.45, 2.75) is 34.6 Å². The highest BCUT2D eigenvalue weighted by atomic mass is 16.6. The maximum Gasteiger partial charge on any atom is 0.269 e. The van der Waals surface area contributed by atoms with Crippen LogP contribution in [-0.2, 0) is 0 Å². The van der Waals surface area contributed by atoms with Crippen LogP contribution in [0, 0.1) is 44.7 Å². The fraction of sp³-hybridized carbons (Fsp3) is 0.127. The molecule has 0 fully saturated rings. The van der Waals surface area contributed by atoms with Gasteiger partial charge in [-0.1, -0.05) is 71.3 Å². The molecule has 0 atom stereocenters. The Morgan fingerprint density at radius 3 is 1.16 bits per heavy atom. The number of ether oxygens (including phenoxy) is 2. The largest absolute Gasteiger partial charge is 0.494 e. The molecule has 70 heavy (non-hydrogen) atoms. The van der Waals surface area contributed by atoms with E-state index in [4.69, 9.17) is 14.5 Å². The smallest absolute Gasteiger partial charge is 0.269 e. The lowest BCUT2D eigenvalue weighted by atomic mass is 10.1. The number of fused-ring (bicyclic) bond motifs is 2. The Balaban J connectivity index is 0.000000197. The Hall–Kier alpha value is -9.24. The lowest BCUT2D eigenvalue weighted by Gasteiger charge is -2.09. The van der Waals surface area contributed by atoms with Crippen LogP contribution in [0.4, 0.5) is 51.2 Å². The molecule has 15 nitrogen and oxygen atoms in total. The summed E-state index contributed by atoms with van der Waals surface area (Å²) in [7, 11) is 3.03. The topological polar surface area (TPSA) is 177 Å². The second-order valence-electron chi connectivity index (χ2n) is 16.3. The number of non-ortho nitro benzene ring substituents is 1. The van der Waals surface area contributed by atoms with E-state index in [0.29, 0.717) is 34.2 Å². The number of para-hydroxylation sites is 1. The fourth-order valence-corrected chi connectivity index (χ4v) is 7.15. The first-order valence-electron chi connectivity index (χ1n) is 22.2. The minimum Gasteiger partial charge on any atom is -0.494 e. The van der Waals surface area contributed by atoms with E-state index >= 15 is 0 Å². The molecule has 0 aliphatic carbocycles. The Labute approximate surface area is 404 Å². The number of nitro benzene ring substituents is 1. The van der Waals surface area contributed by atoms with Gasteiger partial charge in [0, 0.05) is 48.5 Å². The maximum atomic E-state index is 10.7. The molecule has 0 aliphatic heterocycles. The number of benzene rings is 8. The molecule has 0 saturated heterocycles. The molecule has 0 unspecified atom stereocenters. The van der Waals surface area contributed by atoms with E-state index in [9.17, 15) is 10.1 Å². The molecule has 1 heterocycles. The quantitative estimate of drug-likeness (QED) is 0.0388. The lowest BCUT2D eigenvalue weighted by Crippen LogP contribution is -2.33. The number of rotatable bonds is 12. The zero-order chi connectivity index (χ0) is 49.1. The Morgan fingerprint density at radius 2 is 0.800 bits per heavy atom. The third-order valence-electron chi connectivity index (χ3n) is 11.1. The van der Waals surface area contributed by atoms with Crippen molar-refractivity contribution in [3.8, 4) is 17.2 Å². The van der Waals surface area contributed by atoms with Gasteiger partial charge in [0.1, 0.15) is 33.9 Å². The highest BCUT2D eigenvalue weighted by Crippen LogP contribution is 2.41. The number of hydrogen-bond donors (Lipinski definition) is 0. The molecule has 9 aromatic rings. The first-order chi connectivity index (χ1) is 33.9. The number of methoxy groups -OCH3 is 2. The average Bonchev–Trinajstić information content (AvgIpc) is 3.37. The standard InChI is InChI=1S/C34H29N6.C21H19N5O4/c1-22-10-14-26(15-11-22)36-38-29-20-33-31(18-24(29)3)35-32-19-25(4)30(39-37-27-16-12-23(2)13-17-27)21-34(32)40(33)28-8-6-5-7-9-28;1-14-4-6-15(7-5-14)22-24-18-12-21(30-3)19(13-20(18)29-2)25-23-16-8-10-17(11-9-16)26(27)28/h5-21H,1-4H3;4-13H,1-3H3/q+1;. The Bertz CT molecular complexity index is 3330. The van der Waals surface area contributed by atoms with E-state index in [1.54, 1.807) is 12.1 Å². The van der Waals surface area contributed by atoms with Gasteiger partial charge in [0.05, 0.1) is 53.3 Å². The second kappa shape index (κ2) is 21.6. The molecule has 0 aliphatic rings. The third-order valence-corrected chi connectivity index (χ3v) is 11.1.